The first-order valence-corrected chi connectivity index (χ1v) is 9.28. The number of aromatic hydroxyl groups is 1. The fourth-order valence-electron chi connectivity index (χ4n) is 3.04. The average molecular weight is 476 g/mol. The number of carboxylic acids is 2. The van der Waals surface area contributed by atoms with Crippen LogP contribution in [-0.4, -0.2) is 62.7 Å². The number of likely N-dealkylation sites (tertiary alicyclic amines) is 1. The molecule has 1 aromatic carbocycles. The fourth-order valence-corrected chi connectivity index (χ4v) is 3.62. The number of amides is 1. The molecule has 1 aliphatic rings. The van der Waals surface area contributed by atoms with Crippen molar-refractivity contribution < 1.29 is 29.7 Å². The molecule has 3 atom stereocenters. The van der Waals surface area contributed by atoms with Crippen molar-refractivity contribution in [3.63, 3.8) is 0 Å². The van der Waals surface area contributed by atoms with E-state index in [9.17, 15) is 29.7 Å². The van der Waals surface area contributed by atoms with Gasteiger partial charge in [0.1, 0.15) is 17.8 Å². The first kappa shape index (κ1) is 20.4. The molecule has 1 amide bonds. The van der Waals surface area contributed by atoms with E-state index in [0.717, 1.165) is 0 Å². The maximum atomic E-state index is 12.5. The number of nitrogens with one attached hydrogen (secondary N) is 1. The number of nitrogens with zero attached hydrogens (tertiary/aromatic N) is 1. The monoisotopic (exact) mass is 476 g/mol. The Bertz CT molecular complexity index is 710. The Morgan fingerprint density at radius 2 is 2.04 bits per heavy atom. The first-order chi connectivity index (χ1) is 12.2. The maximum absolute atomic E-state index is 12.5. The summed E-state index contributed by atoms with van der Waals surface area (Å²) in [6.45, 7) is 1.89. The molecule has 0 radical (unpaired) electrons. The number of aliphatic carboxylic acids is 2. The highest BCUT2D eigenvalue weighted by atomic mass is 127. The molecule has 0 bridgehead atoms. The number of rotatable bonds is 7. The zero-order valence-corrected chi connectivity index (χ0v) is 16.3. The molecule has 1 aromatic rings. The molecule has 0 unspecified atom stereocenters. The van der Waals surface area contributed by atoms with Crippen molar-refractivity contribution in [2.75, 3.05) is 6.54 Å². The lowest BCUT2D eigenvalue weighted by Crippen LogP contribution is -2.53. The van der Waals surface area contributed by atoms with Crippen molar-refractivity contribution in [3.8, 4) is 5.75 Å². The van der Waals surface area contributed by atoms with Gasteiger partial charge in [-0.2, -0.15) is 0 Å². The Balaban J connectivity index is 2.06. The predicted molar refractivity (Wildman–Crippen MR) is 101 cm³/mol. The van der Waals surface area contributed by atoms with Crippen molar-refractivity contribution in [1.82, 2.24) is 10.2 Å². The lowest BCUT2D eigenvalue weighted by atomic mass is 10.0. The van der Waals surface area contributed by atoms with E-state index >= 15 is 0 Å². The van der Waals surface area contributed by atoms with Crippen LogP contribution in [0.15, 0.2) is 18.2 Å². The third kappa shape index (κ3) is 4.85. The Labute approximate surface area is 164 Å². The van der Waals surface area contributed by atoms with Crippen LogP contribution in [0.5, 0.6) is 5.75 Å². The Hall–Kier alpha value is -1.88. The lowest BCUT2D eigenvalue weighted by Gasteiger charge is -2.27. The number of halogens is 1. The number of phenolic OH excluding ortho intramolecular Hbond substituents is 1. The van der Waals surface area contributed by atoms with Crippen molar-refractivity contribution in [1.29, 1.82) is 0 Å². The molecule has 0 aliphatic carbocycles. The summed E-state index contributed by atoms with van der Waals surface area (Å²) in [7, 11) is 0. The van der Waals surface area contributed by atoms with Gasteiger partial charge in [0.05, 0.1) is 9.61 Å². The second-order valence-electron chi connectivity index (χ2n) is 6.30. The average Bonchev–Trinajstić information content (AvgIpc) is 3.06. The van der Waals surface area contributed by atoms with Gasteiger partial charge in [0.2, 0.25) is 5.91 Å². The van der Waals surface area contributed by atoms with Crippen LogP contribution in [0.2, 0.25) is 0 Å². The van der Waals surface area contributed by atoms with Gasteiger partial charge < -0.3 is 20.2 Å². The largest absolute Gasteiger partial charge is 0.507 e. The third-order valence-electron chi connectivity index (χ3n) is 4.39. The summed E-state index contributed by atoms with van der Waals surface area (Å²) in [5, 5.41) is 31.0. The minimum absolute atomic E-state index is 0.117. The van der Waals surface area contributed by atoms with Crippen LogP contribution in [-0.2, 0) is 20.8 Å². The Morgan fingerprint density at radius 1 is 1.35 bits per heavy atom. The Morgan fingerprint density at radius 3 is 2.62 bits per heavy atom. The molecule has 0 saturated carbocycles. The van der Waals surface area contributed by atoms with Crippen molar-refractivity contribution in [2.24, 2.45) is 0 Å². The smallest absolute Gasteiger partial charge is 0.326 e. The van der Waals surface area contributed by atoms with Crippen LogP contribution >= 0.6 is 22.6 Å². The molecular weight excluding hydrogens is 455 g/mol. The number of hydrogen-bond acceptors (Lipinski definition) is 5. The molecule has 2 rings (SSSR count). The lowest BCUT2D eigenvalue weighted by molar-refractivity contribution is -0.149. The summed E-state index contributed by atoms with van der Waals surface area (Å²) in [5.41, 5.74) is 0.705. The molecule has 1 heterocycles. The standard InChI is InChI=1S/C17H21IN2O6/c1-9(15(22)20-6-2-3-13(20)17(25)26)19-12(16(23)24)8-10-4-5-14(21)11(18)7-10/h4-5,7,9,12-13,19,21H,2-3,6,8H2,1H3,(H,23,24)(H,25,26)/t9-,12-,13-/m0/s1. The first-order valence-electron chi connectivity index (χ1n) is 8.20. The molecule has 0 spiro atoms. The van der Waals surface area contributed by atoms with E-state index in [1.54, 1.807) is 12.1 Å². The van der Waals surface area contributed by atoms with E-state index in [2.05, 4.69) is 5.32 Å². The van der Waals surface area contributed by atoms with Gasteiger partial charge in [-0.15, -0.1) is 0 Å². The van der Waals surface area contributed by atoms with Gasteiger partial charge in [0.25, 0.3) is 0 Å². The Kier molecular flexibility index (Phi) is 6.81. The van der Waals surface area contributed by atoms with E-state index in [1.165, 1.54) is 17.9 Å². The van der Waals surface area contributed by atoms with Crippen LogP contribution in [0.3, 0.4) is 0 Å². The summed E-state index contributed by atoms with van der Waals surface area (Å²) >= 11 is 1.95. The fraction of sp³-hybridized carbons (Fsp3) is 0.471. The summed E-state index contributed by atoms with van der Waals surface area (Å²) in [6.07, 6.45) is 1.15. The summed E-state index contributed by atoms with van der Waals surface area (Å²) in [4.78, 5) is 36.7. The molecule has 142 valence electrons. The molecule has 4 N–H and O–H groups in total. The van der Waals surface area contributed by atoms with Gasteiger partial charge in [-0.1, -0.05) is 6.07 Å². The SMILES string of the molecule is C[C@H](N[C@@H](Cc1ccc(O)c(I)c1)C(=O)O)C(=O)N1CCC[C@H]1C(=O)O. The molecule has 9 heteroatoms. The molecule has 1 saturated heterocycles. The van der Waals surface area contributed by atoms with Gasteiger partial charge in [0.15, 0.2) is 0 Å². The highest BCUT2D eigenvalue weighted by Crippen LogP contribution is 2.21. The van der Waals surface area contributed by atoms with Crippen LogP contribution in [0.25, 0.3) is 0 Å². The molecule has 1 fully saturated rings. The number of hydrogen-bond donors (Lipinski definition) is 4. The quantitative estimate of drug-likeness (QED) is 0.434. The number of carbonyl (C=O) groups is 3. The second kappa shape index (κ2) is 8.67. The van der Waals surface area contributed by atoms with Gasteiger partial charge in [-0.3, -0.25) is 14.9 Å². The molecule has 1 aliphatic heterocycles. The maximum Gasteiger partial charge on any atom is 0.326 e. The van der Waals surface area contributed by atoms with E-state index in [4.69, 9.17) is 0 Å². The van der Waals surface area contributed by atoms with Crippen molar-refractivity contribution in [3.05, 3.63) is 27.3 Å². The number of carboxylic acid groups (broad SMARTS) is 2. The number of carbonyl (C=O) groups excluding carboxylic acids is 1. The highest BCUT2D eigenvalue weighted by Gasteiger charge is 2.36. The minimum atomic E-state index is -1.11. The number of benzene rings is 1. The highest BCUT2D eigenvalue weighted by molar-refractivity contribution is 14.1. The van der Waals surface area contributed by atoms with Crippen LogP contribution in [0, 0.1) is 3.57 Å². The topological polar surface area (TPSA) is 127 Å². The molecule has 26 heavy (non-hydrogen) atoms. The van der Waals surface area contributed by atoms with E-state index < -0.39 is 36.0 Å². The molecular formula is C17H21IN2O6. The minimum Gasteiger partial charge on any atom is -0.507 e. The van der Waals surface area contributed by atoms with Crippen molar-refractivity contribution >= 4 is 40.4 Å². The van der Waals surface area contributed by atoms with Gasteiger partial charge >= 0.3 is 11.9 Å². The van der Waals surface area contributed by atoms with Gasteiger partial charge in [-0.25, -0.2) is 4.79 Å². The summed E-state index contributed by atoms with van der Waals surface area (Å²) in [6, 6.07) is 2.11. The number of phenols is 1. The van der Waals surface area contributed by atoms with Gasteiger partial charge in [0, 0.05) is 6.54 Å². The van der Waals surface area contributed by atoms with Gasteiger partial charge in [-0.05, 0) is 66.5 Å². The molecule has 0 aromatic heterocycles. The van der Waals surface area contributed by atoms with Crippen LogP contribution in [0.4, 0.5) is 0 Å². The second-order valence-corrected chi connectivity index (χ2v) is 7.46. The van der Waals surface area contributed by atoms with Crippen molar-refractivity contribution in [2.45, 2.75) is 44.3 Å². The summed E-state index contributed by atoms with van der Waals surface area (Å²) in [5.74, 6) is -2.45. The van der Waals surface area contributed by atoms with E-state index in [1.807, 2.05) is 22.6 Å². The summed E-state index contributed by atoms with van der Waals surface area (Å²) < 4.78 is 0.606. The third-order valence-corrected chi connectivity index (χ3v) is 5.26. The predicted octanol–water partition coefficient (Wildman–Crippen LogP) is 1.05. The normalized spacial score (nSPS) is 19.2. The molecule has 8 nitrogen and oxygen atoms in total. The van der Waals surface area contributed by atoms with E-state index in [-0.39, 0.29) is 12.2 Å². The van der Waals surface area contributed by atoms with Crippen LogP contribution < -0.4 is 5.32 Å². The van der Waals surface area contributed by atoms with Crippen LogP contribution in [0.1, 0.15) is 25.3 Å². The van der Waals surface area contributed by atoms with E-state index in [0.29, 0.717) is 28.5 Å². The zero-order chi connectivity index (χ0) is 19.4. The zero-order valence-electron chi connectivity index (χ0n) is 14.2.